The van der Waals surface area contributed by atoms with Crippen LogP contribution in [0.15, 0.2) is 0 Å². The molecule has 0 spiro atoms. The van der Waals surface area contributed by atoms with Gasteiger partial charge in [0, 0.05) is 18.6 Å². The molecule has 0 aromatic heterocycles. The van der Waals surface area contributed by atoms with Crippen LogP contribution in [-0.2, 0) is 0 Å². The maximum absolute atomic E-state index is 9.87. The summed E-state index contributed by atoms with van der Waals surface area (Å²) in [5.74, 6) is 0. The largest absolute Gasteiger partial charge is 0.390 e. The molecule has 2 atom stereocenters. The molecule has 1 saturated heterocycles. The summed E-state index contributed by atoms with van der Waals surface area (Å²) < 4.78 is 0. The highest BCUT2D eigenvalue weighted by Gasteiger charge is 2.27. The summed E-state index contributed by atoms with van der Waals surface area (Å²) in [5, 5.41) is 13.5. The zero-order valence-electron chi connectivity index (χ0n) is 12.7. The highest BCUT2D eigenvalue weighted by atomic mass is 16.3. The summed E-state index contributed by atoms with van der Waals surface area (Å²) in [7, 11) is 0. The van der Waals surface area contributed by atoms with Crippen molar-refractivity contribution in [3.8, 4) is 0 Å². The zero-order chi connectivity index (χ0) is 13.6. The molecular formula is C15H32N2O. The van der Waals surface area contributed by atoms with Crippen molar-refractivity contribution in [2.75, 3.05) is 19.6 Å². The molecule has 1 rings (SSSR count). The third-order valence-corrected chi connectivity index (χ3v) is 3.97. The maximum atomic E-state index is 9.87. The summed E-state index contributed by atoms with van der Waals surface area (Å²) in [6.07, 6.45) is 6.01. The molecular weight excluding hydrogens is 224 g/mol. The third-order valence-electron chi connectivity index (χ3n) is 3.97. The molecule has 1 aliphatic rings. The van der Waals surface area contributed by atoms with Gasteiger partial charge >= 0.3 is 0 Å². The fourth-order valence-corrected chi connectivity index (χ4v) is 2.79. The van der Waals surface area contributed by atoms with E-state index >= 15 is 0 Å². The Bertz CT molecular complexity index is 225. The van der Waals surface area contributed by atoms with E-state index in [0.717, 1.165) is 19.5 Å². The number of piperidine rings is 1. The number of hydrogen-bond donors (Lipinski definition) is 2. The molecule has 18 heavy (non-hydrogen) atoms. The molecule has 1 aliphatic heterocycles. The molecule has 1 fully saturated rings. The fraction of sp³-hybridized carbons (Fsp3) is 1.00. The summed E-state index contributed by atoms with van der Waals surface area (Å²) in [6, 6.07) is 1.21. The summed E-state index contributed by atoms with van der Waals surface area (Å²) >= 11 is 0. The van der Waals surface area contributed by atoms with Crippen LogP contribution in [0.4, 0.5) is 0 Å². The standard InChI is InChI=1S/C15H32N2O/c1-5-10-16-13(2)14-8-6-7-11-17(14)12-9-15(3,4)18/h13-14,16,18H,5-12H2,1-4H3. The van der Waals surface area contributed by atoms with Crippen LogP contribution in [0.2, 0.25) is 0 Å². The van der Waals surface area contributed by atoms with Crippen molar-refractivity contribution >= 4 is 0 Å². The average Bonchev–Trinajstić information content (AvgIpc) is 2.33. The molecule has 0 radical (unpaired) electrons. The van der Waals surface area contributed by atoms with Crippen LogP contribution in [-0.4, -0.2) is 47.3 Å². The van der Waals surface area contributed by atoms with Crippen LogP contribution in [0.3, 0.4) is 0 Å². The second-order valence-corrected chi connectivity index (χ2v) is 6.40. The van der Waals surface area contributed by atoms with Crippen LogP contribution in [0.5, 0.6) is 0 Å². The van der Waals surface area contributed by atoms with Crippen LogP contribution >= 0.6 is 0 Å². The van der Waals surface area contributed by atoms with Crippen molar-refractivity contribution in [1.82, 2.24) is 10.2 Å². The summed E-state index contributed by atoms with van der Waals surface area (Å²) in [4.78, 5) is 2.58. The first-order valence-electron chi connectivity index (χ1n) is 7.64. The van der Waals surface area contributed by atoms with E-state index in [0.29, 0.717) is 12.1 Å². The smallest absolute Gasteiger partial charge is 0.0603 e. The first-order valence-corrected chi connectivity index (χ1v) is 7.64. The number of hydrogen-bond acceptors (Lipinski definition) is 3. The molecule has 0 aliphatic carbocycles. The minimum Gasteiger partial charge on any atom is -0.390 e. The van der Waals surface area contributed by atoms with Crippen LogP contribution in [0.25, 0.3) is 0 Å². The Morgan fingerprint density at radius 2 is 2.11 bits per heavy atom. The molecule has 2 N–H and O–H groups in total. The number of aliphatic hydroxyl groups is 1. The van der Waals surface area contributed by atoms with Crippen molar-refractivity contribution < 1.29 is 5.11 Å². The number of nitrogens with zero attached hydrogens (tertiary/aromatic N) is 1. The Balaban J connectivity index is 2.45. The SMILES string of the molecule is CCCNC(C)C1CCCCN1CCC(C)(C)O. The van der Waals surface area contributed by atoms with Crippen molar-refractivity contribution in [3.63, 3.8) is 0 Å². The van der Waals surface area contributed by atoms with E-state index in [-0.39, 0.29) is 0 Å². The zero-order valence-corrected chi connectivity index (χ0v) is 12.7. The average molecular weight is 256 g/mol. The predicted octanol–water partition coefficient (Wildman–Crippen LogP) is 2.39. The third kappa shape index (κ3) is 5.68. The minimum atomic E-state index is -0.540. The first-order chi connectivity index (χ1) is 8.44. The maximum Gasteiger partial charge on any atom is 0.0603 e. The molecule has 0 saturated carbocycles. The lowest BCUT2D eigenvalue weighted by Gasteiger charge is -2.40. The lowest BCUT2D eigenvalue weighted by molar-refractivity contribution is 0.0389. The monoisotopic (exact) mass is 256 g/mol. The lowest BCUT2D eigenvalue weighted by atomic mass is 9.95. The van der Waals surface area contributed by atoms with Gasteiger partial charge in [0.1, 0.15) is 0 Å². The molecule has 1 heterocycles. The highest BCUT2D eigenvalue weighted by Crippen LogP contribution is 2.21. The van der Waals surface area contributed by atoms with Crippen molar-refractivity contribution in [2.45, 2.75) is 77.5 Å². The van der Waals surface area contributed by atoms with Gasteiger partial charge in [-0.25, -0.2) is 0 Å². The molecule has 0 amide bonds. The van der Waals surface area contributed by atoms with E-state index in [1.807, 2.05) is 13.8 Å². The lowest BCUT2D eigenvalue weighted by Crippen LogP contribution is -2.52. The Morgan fingerprint density at radius 3 is 2.72 bits per heavy atom. The second kappa shape index (κ2) is 7.46. The van der Waals surface area contributed by atoms with E-state index in [1.165, 1.54) is 32.2 Å². The Labute approximate surface area is 113 Å². The van der Waals surface area contributed by atoms with E-state index in [4.69, 9.17) is 0 Å². The van der Waals surface area contributed by atoms with Gasteiger partial charge in [0.15, 0.2) is 0 Å². The Morgan fingerprint density at radius 1 is 1.39 bits per heavy atom. The normalized spacial score (nSPS) is 24.2. The van der Waals surface area contributed by atoms with E-state index < -0.39 is 5.60 Å². The van der Waals surface area contributed by atoms with E-state index in [2.05, 4.69) is 24.1 Å². The summed E-state index contributed by atoms with van der Waals surface area (Å²) in [5.41, 5.74) is -0.540. The topological polar surface area (TPSA) is 35.5 Å². The predicted molar refractivity (Wildman–Crippen MR) is 77.9 cm³/mol. The van der Waals surface area contributed by atoms with Gasteiger partial charge in [0.25, 0.3) is 0 Å². The highest BCUT2D eigenvalue weighted by molar-refractivity contribution is 4.86. The van der Waals surface area contributed by atoms with Gasteiger partial charge < -0.3 is 10.4 Å². The number of nitrogens with one attached hydrogen (secondary N) is 1. The van der Waals surface area contributed by atoms with Crippen molar-refractivity contribution in [2.24, 2.45) is 0 Å². The molecule has 0 aromatic carbocycles. The van der Waals surface area contributed by atoms with Gasteiger partial charge in [-0.15, -0.1) is 0 Å². The van der Waals surface area contributed by atoms with Crippen LogP contribution in [0.1, 0.15) is 59.8 Å². The molecule has 2 unspecified atom stereocenters. The Kier molecular flexibility index (Phi) is 6.61. The fourth-order valence-electron chi connectivity index (χ4n) is 2.79. The molecule has 3 nitrogen and oxygen atoms in total. The number of likely N-dealkylation sites (tertiary alicyclic amines) is 1. The van der Waals surface area contributed by atoms with Gasteiger partial charge in [0.05, 0.1) is 5.60 Å². The van der Waals surface area contributed by atoms with Crippen LogP contribution < -0.4 is 5.32 Å². The molecule has 0 bridgehead atoms. The Hall–Kier alpha value is -0.120. The quantitative estimate of drug-likeness (QED) is 0.734. The van der Waals surface area contributed by atoms with Gasteiger partial charge in [-0.05, 0) is 59.5 Å². The minimum absolute atomic E-state index is 0.540. The first kappa shape index (κ1) is 15.9. The number of rotatable bonds is 7. The van der Waals surface area contributed by atoms with Crippen molar-refractivity contribution in [1.29, 1.82) is 0 Å². The van der Waals surface area contributed by atoms with Crippen molar-refractivity contribution in [3.05, 3.63) is 0 Å². The van der Waals surface area contributed by atoms with Gasteiger partial charge in [-0.1, -0.05) is 13.3 Å². The molecule has 3 heteroatoms. The van der Waals surface area contributed by atoms with Gasteiger partial charge in [0.2, 0.25) is 0 Å². The van der Waals surface area contributed by atoms with E-state index in [9.17, 15) is 5.11 Å². The summed E-state index contributed by atoms with van der Waals surface area (Å²) in [6.45, 7) is 11.7. The van der Waals surface area contributed by atoms with Gasteiger partial charge in [-0.3, -0.25) is 4.90 Å². The molecule has 0 aromatic rings. The second-order valence-electron chi connectivity index (χ2n) is 6.40. The molecule has 108 valence electrons. The van der Waals surface area contributed by atoms with Gasteiger partial charge in [-0.2, -0.15) is 0 Å². The van der Waals surface area contributed by atoms with Crippen LogP contribution in [0, 0.1) is 0 Å². The van der Waals surface area contributed by atoms with E-state index in [1.54, 1.807) is 0 Å².